The molecule has 0 fully saturated rings. The minimum atomic E-state index is -3.42. The minimum Gasteiger partial charge on any atom is -0.304 e. The number of rotatable bonds is 9. The molecule has 1 aromatic carbocycles. The summed E-state index contributed by atoms with van der Waals surface area (Å²) in [6.45, 7) is 9.39. The van der Waals surface area contributed by atoms with Crippen LogP contribution in [0.1, 0.15) is 57.6 Å². The average molecular weight is 353 g/mol. The van der Waals surface area contributed by atoms with E-state index in [0.717, 1.165) is 51.7 Å². The molecule has 1 atom stereocenters. The second-order valence-corrected chi connectivity index (χ2v) is 8.54. The smallest absolute Gasteiger partial charge is 0.240 e. The number of benzene rings is 1. The molecular formula is C19H32N2O2S. The predicted octanol–water partition coefficient (Wildman–Crippen LogP) is 3.35. The van der Waals surface area contributed by atoms with E-state index in [1.807, 2.05) is 19.1 Å². The lowest BCUT2D eigenvalue weighted by molar-refractivity contribution is 0.293. The van der Waals surface area contributed by atoms with E-state index in [9.17, 15) is 8.42 Å². The third-order valence-corrected chi connectivity index (χ3v) is 6.58. The van der Waals surface area contributed by atoms with Crippen molar-refractivity contribution >= 4 is 10.0 Å². The second-order valence-electron chi connectivity index (χ2n) is 6.83. The molecule has 0 saturated carbocycles. The van der Waals surface area contributed by atoms with Crippen LogP contribution in [0.5, 0.6) is 0 Å². The van der Waals surface area contributed by atoms with E-state index in [1.54, 1.807) is 6.07 Å². The van der Waals surface area contributed by atoms with Gasteiger partial charge in [-0.1, -0.05) is 19.9 Å². The monoisotopic (exact) mass is 352 g/mol. The first-order valence-corrected chi connectivity index (χ1v) is 10.8. The summed E-state index contributed by atoms with van der Waals surface area (Å²) in [6, 6.07) is 5.59. The minimum absolute atomic E-state index is 0.0402. The van der Waals surface area contributed by atoms with Gasteiger partial charge in [-0.15, -0.1) is 0 Å². The van der Waals surface area contributed by atoms with Gasteiger partial charge >= 0.3 is 0 Å². The van der Waals surface area contributed by atoms with E-state index in [2.05, 4.69) is 23.5 Å². The lowest BCUT2D eigenvalue weighted by atomic mass is 9.92. The topological polar surface area (TPSA) is 49.4 Å². The average Bonchev–Trinajstić information content (AvgIpc) is 2.58. The molecule has 2 rings (SSSR count). The molecule has 5 heteroatoms. The molecule has 0 aromatic heterocycles. The SMILES string of the molecule is CCN(CC)CCC[C@H](C)NS(=O)(=O)c1ccc2c(c1)CCCC2. The zero-order valence-electron chi connectivity index (χ0n) is 15.3. The van der Waals surface area contributed by atoms with E-state index in [1.165, 1.54) is 17.5 Å². The fourth-order valence-corrected chi connectivity index (χ4v) is 4.76. The molecule has 136 valence electrons. The second kappa shape index (κ2) is 8.97. The summed E-state index contributed by atoms with van der Waals surface area (Å²) < 4.78 is 28.1. The van der Waals surface area contributed by atoms with Gasteiger partial charge in [-0.2, -0.15) is 0 Å². The quantitative estimate of drug-likeness (QED) is 0.741. The predicted molar refractivity (Wildman–Crippen MR) is 99.9 cm³/mol. The van der Waals surface area contributed by atoms with Crippen LogP contribution in [0.25, 0.3) is 0 Å². The van der Waals surface area contributed by atoms with Gasteiger partial charge in [0.1, 0.15) is 0 Å². The standard InChI is InChI=1S/C19H32N2O2S/c1-4-21(5-2)14-8-9-16(3)20-24(22,23)19-13-12-17-10-6-7-11-18(17)15-19/h12-13,15-16,20H,4-11,14H2,1-3H3/t16-/m0/s1. The van der Waals surface area contributed by atoms with Crippen molar-refractivity contribution in [2.75, 3.05) is 19.6 Å². The number of nitrogens with one attached hydrogen (secondary N) is 1. The Morgan fingerprint density at radius 2 is 1.79 bits per heavy atom. The van der Waals surface area contributed by atoms with Gasteiger partial charge in [0, 0.05) is 6.04 Å². The summed E-state index contributed by atoms with van der Waals surface area (Å²) in [5, 5.41) is 0. The van der Waals surface area contributed by atoms with E-state index < -0.39 is 10.0 Å². The van der Waals surface area contributed by atoms with Gasteiger partial charge in [0.25, 0.3) is 0 Å². The molecular weight excluding hydrogens is 320 g/mol. The Morgan fingerprint density at radius 1 is 1.12 bits per heavy atom. The Kier molecular flexibility index (Phi) is 7.26. The zero-order chi connectivity index (χ0) is 17.6. The number of hydrogen-bond donors (Lipinski definition) is 1. The zero-order valence-corrected chi connectivity index (χ0v) is 16.2. The third kappa shape index (κ3) is 5.30. The molecule has 0 radical (unpaired) electrons. The molecule has 1 N–H and O–H groups in total. The highest BCUT2D eigenvalue weighted by atomic mass is 32.2. The van der Waals surface area contributed by atoms with Crippen molar-refractivity contribution in [3.05, 3.63) is 29.3 Å². The van der Waals surface area contributed by atoms with Gasteiger partial charge < -0.3 is 4.90 Å². The maximum absolute atomic E-state index is 12.6. The number of hydrogen-bond acceptors (Lipinski definition) is 3. The summed E-state index contributed by atoms with van der Waals surface area (Å²) in [5.74, 6) is 0. The van der Waals surface area contributed by atoms with Gasteiger partial charge in [0.15, 0.2) is 0 Å². The highest BCUT2D eigenvalue weighted by Crippen LogP contribution is 2.24. The Balaban J connectivity index is 1.93. The van der Waals surface area contributed by atoms with Crippen LogP contribution in [-0.4, -0.2) is 39.0 Å². The molecule has 24 heavy (non-hydrogen) atoms. The molecule has 0 unspecified atom stereocenters. The molecule has 0 amide bonds. The van der Waals surface area contributed by atoms with Gasteiger partial charge in [-0.3, -0.25) is 0 Å². The van der Waals surface area contributed by atoms with Gasteiger partial charge in [0.05, 0.1) is 4.90 Å². The molecule has 1 aliphatic rings. The molecule has 1 aromatic rings. The van der Waals surface area contributed by atoms with Crippen molar-refractivity contribution < 1.29 is 8.42 Å². The fraction of sp³-hybridized carbons (Fsp3) is 0.684. The number of nitrogens with zero attached hydrogens (tertiary/aromatic N) is 1. The third-order valence-electron chi connectivity index (χ3n) is 4.99. The van der Waals surface area contributed by atoms with Crippen LogP contribution in [0.15, 0.2) is 23.1 Å². The highest BCUT2D eigenvalue weighted by molar-refractivity contribution is 7.89. The Morgan fingerprint density at radius 3 is 2.46 bits per heavy atom. The first-order chi connectivity index (χ1) is 11.5. The van der Waals surface area contributed by atoms with Crippen molar-refractivity contribution in [2.24, 2.45) is 0 Å². The van der Waals surface area contributed by atoms with Crippen molar-refractivity contribution in [1.82, 2.24) is 9.62 Å². The van der Waals surface area contributed by atoms with E-state index >= 15 is 0 Å². The van der Waals surface area contributed by atoms with E-state index in [4.69, 9.17) is 0 Å². The van der Waals surface area contributed by atoms with Crippen LogP contribution in [-0.2, 0) is 22.9 Å². The normalized spacial score (nSPS) is 16.2. The summed E-state index contributed by atoms with van der Waals surface area (Å²) in [4.78, 5) is 2.78. The molecule has 0 saturated heterocycles. The number of sulfonamides is 1. The fourth-order valence-electron chi connectivity index (χ4n) is 3.43. The largest absolute Gasteiger partial charge is 0.304 e. The maximum Gasteiger partial charge on any atom is 0.240 e. The molecule has 0 aliphatic heterocycles. The number of fused-ring (bicyclic) bond motifs is 1. The van der Waals surface area contributed by atoms with Crippen molar-refractivity contribution in [3.63, 3.8) is 0 Å². The van der Waals surface area contributed by atoms with Crippen LogP contribution >= 0.6 is 0 Å². The Hall–Kier alpha value is -0.910. The highest BCUT2D eigenvalue weighted by Gasteiger charge is 2.19. The van der Waals surface area contributed by atoms with Crippen LogP contribution in [0.4, 0.5) is 0 Å². The summed E-state index contributed by atoms with van der Waals surface area (Å²) in [7, 11) is -3.42. The van der Waals surface area contributed by atoms with Crippen LogP contribution in [0.2, 0.25) is 0 Å². The first-order valence-electron chi connectivity index (χ1n) is 9.32. The van der Waals surface area contributed by atoms with Crippen molar-refractivity contribution in [3.8, 4) is 0 Å². The molecule has 4 nitrogen and oxygen atoms in total. The van der Waals surface area contributed by atoms with E-state index in [0.29, 0.717) is 4.90 Å². The Bertz CT molecular complexity index is 624. The van der Waals surface area contributed by atoms with Gasteiger partial charge in [0.2, 0.25) is 10.0 Å². The molecule has 0 heterocycles. The van der Waals surface area contributed by atoms with Crippen LogP contribution in [0, 0.1) is 0 Å². The molecule has 0 spiro atoms. The Labute approximate surface area is 147 Å². The summed E-state index contributed by atoms with van der Waals surface area (Å²) in [5.41, 5.74) is 2.52. The van der Waals surface area contributed by atoms with Crippen molar-refractivity contribution in [2.45, 2.75) is 70.2 Å². The lowest BCUT2D eigenvalue weighted by Gasteiger charge is -2.20. The van der Waals surface area contributed by atoms with Gasteiger partial charge in [-0.25, -0.2) is 13.1 Å². The number of aryl methyl sites for hydroxylation is 2. The maximum atomic E-state index is 12.6. The van der Waals surface area contributed by atoms with Gasteiger partial charge in [-0.05, 0) is 88.3 Å². The summed E-state index contributed by atoms with van der Waals surface area (Å²) in [6.07, 6.45) is 6.31. The summed E-state index contributed by atoms with van der Waals surface area (Å²) >= 11 is 0. The van der Waals surface area contributed by atoms with Crippen molar-refractivity contribution in [1.29, 1.82) is 0 Å². The lowest BCUT2D eigenvalue weighted by Crippen LogP contribution is -2.33. The first kappa shape index (κ1) is 19.4. The van der Waals surface area contributed by atoms with Crippen LogP contribution < -0.4 is 4.72 Å². The van der Waals surface area contributed by atoms with Crippen LogP contribution in [0.3, 0.4) is 0 Å². The molecule has 1 aliphatic carbocycles. The van der Waals surface area contributed by atoms with E-state index in [-0.39, 0.29) is 6.04 Å². The molecule has 0 bridgehead atoms.